The van der Waals surface area contributed by atoms with Crippen molar-refractivity contribution in [2.24, 2.45) is 4.99 Å². The summed E-state index contributed by atoms with van der Waals surface area (Å²) in [6.07, 6.45) is 1.79. The molecule has 0 unspecified atom stereocenters. The average Bonchev–Trinajstić information content (AvgIpc) is 2.92. The molecular weight excluding hydrogens is 308 g/mol. The lowest BCUT2D eigenvalue weighted by Crippen LogP contribution is -2.19. The van der Waals surface area contributed by atoms with Crippen LogP contribution in [0.4, 0.5) is 0 Å². The molecule has 0 bridgehead atoms. The molecule has 4 nitrogen and oxygen atoms in total. The van der Waals surface area contributed by atoms with Gasteiger partial charge in [0.15, 0.2) is 11.4 Å². The molecule has 2 aromatic carbocycles. The minimum atomic E-state index is -0.307. The zero-order chi connectivity index (χ0) is 16.1. The smallest absolute Gasteiger partial charge is 0.286 e. The Balaban J connectivity index is 1.86. The fourth-order valence-corrected chi connectivity index (χ4v) is 3.27. The van der Waals surface area contributed by atoms with Crippen LogP contribution in [-0.4, -0.2) is 17.1 Å². The highest BCUT2D eigenvalue weighted by molar-refractivity contribution is 7.16. The Kier molecular flexibility index (Phi) is 4.68. The van der Waals surface area contributed by atoms with Crippen LogP contribution in [-0.2, 0) is 11.3 Å². The van der Waals surface area contributed by atoms with Crippen LogP contribution < -0.4 is 9.54 Å². The van der Waals surface area contributed by atoms with E-state index < -0.39 is 0 Å². The summed E-state index contributed by atoms with van der Waals surface area (Å²) >= 11 is 1.49. The third-order valence-electron chi connectivity index (χ3n) is 3.23. The molecule has 0 radical (unpaired) electrons. The molecule has 0 atom stereocenters. The molecule has 1 amide bonds. The number of nitrogens with zero attached hydrogens (tertiary/aromatic N) is 2. The molecule has 1 aromatic heterocycles. The summed E-state index contributed by atoms with van der Waals surface area (Å²) < 4.78 is 8.51. The Morgan fingerprint density at radius 2 is 1.91 bits per heavy atom. The number of carbonyl (C=O) groups is 1. The van der Waals surface area contributed by atoms with Gasteiger partial charge in [0.1, 0.15) is 5.75 Å². The normalized spacial score (nSPS) is 11.6. The van der Waals surface area contributed by atoms with E-state index in [1.807, 2.05) is 59.2 Å². The van der Waals surface area contributed by atoms with Gasteiger partial charge in [-0.2, -0.15) is 4.99 Å². The second-order valence-electron chi connectivity index (χ2n) is 4.86. The largest absolute Gasteiger partial charge is 0.484 e. The Morgan fingerprint density at radius 1 is 1.17 bits per heavy atom. The van der Waals surface area contributed by atoms with Gasteiger partial charge in [0.25, 0.3) is 5.91 Å². The third kappa shape index (κ3) is 3.57. The van der Waals surface area contributed by atoms with Crippen molar-refractivity contribution < 1.29 is 9.53 Å². The van der Waals surface area contributed by atoms with Gasteiger partial charge in [0, 0.05) is 6.54 Å². The molecule has 23 heavy (non-hydrogen) atoms. The molecular formula is C18H16N2O2S. The van der Waals surface area contributed by atoms with Crippen molar-refractivity contribution in [1.82, 2.24) is 4.57 Å². The van der Waals surface area contributed by atoms with E-state index >= 15 is 0 Å². The molecule has 0 N–H and O–H groups in total. The predicted octanol–water partition coefficient (Wildman–Crippen LogP) is 3.40. The first kappa shape index (κ1) is 15.2. The van der Waals surface area contributed by atoms with Crippen molar-refractivity contribution >= 4 is 27.5 Å². The van der Waals surface area contributed by atoms with E-state index in [-0.39, 0.29) is 12.5 Å². The van der Waals surface area contributed by atoms with Crippen LogP contribution in [0, 0.1) is 0 Å². The maximum Gasteiger partial charge on any atom is 0.286 e. The van der Waals surface area contributed by atoms with E-state index in [0.29, 0.717) is 17.1 Å². The molecule has 0 aliphatic rings. The molecule has 1 heterocycles. The average molecular weight is 324 g/mol. The standard InChI is InChI=1S/C18H16N2O2S/c1-2-12-20-15-10-6-7-11-16(15)23-18(20)19-17(21)13-22-14-8-4-3-5-9-14/h2-11H,1,12-13H2. The summed E-state index contributed by atoms with van der Waals surface area (Å²) in [7, 11) is 0. The van der Waals surface area contributed by atoms with E-state index in [9.17, 15) is 4.79 Å². The zero-order valence-corrected chi connectivity index (χ0v) is 13.3. The zero-order valence-electron chi connectivity index (χ0n) is 12.5. The van der Waals surface area contributed by atoms with Gasteiger partial charge in [0.05, 0.1) is 10.2 Å². The first-order valence-corrected chi connectivity index (χ1v) is 8.04. The van der Waals surface area contributed by atoms with Crippen LogP contribution in [0.3, 0.4) is 0 Å². The van der Waals surface area contributed by atoms with Gasteiger partial charge in [-0.15, -0.1) is 6.58 Å². The van der Waals surface area contributed by atoms with Crippen molar-refractivity contribution in [3.05, 3.63) is 72.1 Å². The summed E-state index contributed by atoms with van der Waals surface area (Å²) in [5.41, 5.74) is 1.05. The molecule has 0 fully saturated rings. The number of thiazole rings is 1. The minimum absolute atomic E-state index is 0.0770. The van der Waals surface area contributed by atoms with Crippen molar-refractivity contribution in [1.29, 1.82) is 0 Å². The number of aromatic nitrogens is 1. The number of carbonyl (C=O) groups excluding carboxylic acids is 1. The fourth-order valence-electron chi connectivity index (χ4n) is 2.21. The quantitative estimate of drug-likeness (QED) is 0.675. The maximum atomic E-state index is 12.1. The molecule has 116 valence electrons. The summed E-state index contributed by atoms with van der Waals surface area (Å²) in [5.74, 6) is 0.351. The monoisotopic (exact) mass is 324 g/mol. The van der Waals surface area contributed by atoms with Crippen LogP contribution in [0.25, 0.3) is 10.2 Å². The van der Waals surface area contributed by atoms with Gasteiger partial charge >= 0.3 is 0 Å². The summed E-state index contributed by atoms with van der Waals surface area (Å²) in [6, 6.07) is 17.2. The van der Waals surface area contributed by atoms with Gasteiger partial charge in [-0.3, -0.25) is 4.79 Å². The lowest BCUT2D eigenvalue weighted by atomic mass is 10.3. The van der Waals surface area contributed by atoms with Crippen LogP contribution >= 0.6 is 11.3 Å². The fraction of sp³-hybridized carbons (Fsp3) is 0.111. The van der Waals surface area contributed by atoms with Crippen molar-refractivity contribution in [2.45, 2.75) is 6.54 Å². The SMILES string of the molecule is C=CCn1c(=NC(=O)COc2ccccc2)sc2ccccc21. The van der Waals surface area contributed by atoms with Gasteiger partial charge in [-0.05, 0) is 24.3 Å². The second kappa shape index (κ2) is 7.07. The number of ether oxygens (including phenoxy) is 1. The van der Waals surface area contributed by atoms with E-state index in [1.165, 1.54) is 11.3 Å². The topological polar surface area (TPSA) is 43.6 Å². The van der Waals surface area contributed by atoms with Crippen LogP contribution in [0.15, 0.2) is 72.2 Å². The molecule has 0 aliphatic heterocycles. The Labute approximate surface area is 138 Å². The molecule has 3 rings (SSSR count). The van der Waals surface area contributed by atoms with E-state index in [1.54, 1.807) is 6.08 Å². The number of fused-ring (bicyclic) bond motifs is 1. The lowest BCUT2D eigenvalue weighted by Gasteiger charge is -2.02. The third-order valence-corrected chi connectivity index (χ3v) is 4.29. The van der Waals surface area contributed by atoms with Gasteiger partial charge < -0.3 is 9.30 Å². The van der Waals surface area contributed by atoms with E-state index in [2.05, 4.69) is 11.6 Å². The van der Waals surface area contributed by atoms with Crippen LogP contribution in [0.2, 0.25) is 0 Å². The highest BCUT2D eigenvalue weighted by Gasteiger charge is 2.07. The number of benzene rings is 2. The summed E-state index contributed by atoms with van der Waals surface area (Å²) in [4.78, 5) is 17.0. The molecule has 0 spiro atoms. The predicted molar refractivity (Wildman–Crippen MR) is 92.5 cm³/mol. The number of para-hydroxylation sites is 2. The summed E-state index contributed by atoms with van der Waals surface area (Å²) in [6.45, 7) is 4.30. The minimum Gasteiger partial charge on any atom is -0.484 e. The number of rotatable bonds is 5. The number of amides is 1. The Bertz CT molecular complexity index is 894. The highest BCUT2D eigenvalue weighted by Crippen LogP contribution is 2.16. The Hall–Kier alpha value is -2.66. The van der Waals surface area contributed by atoms with Crippen molar-refractivity contribution in [3.8, 4) is 5.75 Å². The highest BCUT2D eigenvalue weighted by atomic mass is 32.1. The molecule has 3 aromatic rings. The van der Waals surface area contributed by atoms with Gasteiger partial charge in [-0.1, -0.05) is 47.7 Å². The second-order valence-corrected chi connectivity index (χ2v) is 5.87. The maximum absolute atomic E-state index is 12.1. The first-order valence-electron chi connectivity index (χ1n) is 7.22. The van der Waals surface area contributed by atoms with Crippen LogP contribution in [0.5, 0.6) is 5.75 Å². The van der Waals surface area contributed by atoms with E-state index in [0.717, 1.165) is 10.2 Å². The summed E-state index contributed by atoms with van der Waals surface area (Å²) in [5, 5.41) is 0. The molecule has 0 saturated carbocycles. The number of hydrogen-bond donors (Lipinski definition) is 0. The first-order chi connectivity index (χ1) is 11.3. The molecule has 0 aliphatic carbocycles. The number of allylic oxidation sites excluding steroid dienone is 1. The number of hydrogen-bond acceptors (Lipinski definition) is 3. The van der Waals surface area contributed by atoms with E-state index in [4.69, 9.17) is 4.74 Å². The Morgan fingerprint density at radius 3 is 2.70 bits per heavy atom. The lowest BCUT2D eigenvalue weighted by molar-refractivity contribution is -0.120. The van der Waals surface area contributed by atoms with Crippen molar-refractivity contribution in [3.63, 3.8) is 0 Å². The van der Waals surface area contributed by atoms with Gasteiger partial charge in [0.2, 0.25) is 0 Å². The molecule has 5 heteroatoms. The molecule has 0 saturated heterocycles. The van der Waals surface area contributed by atoms with Gasteiger partial charge in [-0.25, -0.2) is 0 Å². The van der Waals surface area contributed by atoms with Crippen LogP contribution in [0.1, 0.15) is 0 Å². The van der Waals surface area contributed by atoms with Crippen molar-refractivity contribution in [2.75, 3.05) is 6.61 Å².